The fraction of sp³-hybridized carbons (Fsp3) is 0.611. The molecule has 0 aliphatic carbocycles. The SMILES string of the molecule is C[C@@H]1CCCN1C(=O)c1ccc(B2OC(C)(C)C(C)(C)O2)c(F)c1F. The van der Waals surface area contributed by atoms with Crippen LogP contribution in [0.1, 0.15) is 57.8 Å². The van der Waals surface area contributed by atoms with Gasteiger partial charge in [0.05, 0.1) is 16.8 Å². The number of hydrogen-bond donors (Lipinski definition) is 0. The molecule has 0 unspecified atom stereocenters. The topological polar surface area (TPSA) is 38.8 Å². The molecule has 0 saturated carbocycles. The van der Waals surface area contributed by atoms with Crippen LogP contribution >= 0.6 is 0 Å². The maximum absolute atomic E-state index is 14.7. The molecule has 1 aromatic rings. The Balaban J connectivity index is 1.90. The number of carbonyl (C=O) groups is 1. The molecule has 2 aliphatic rings. The van der Waals surface area contributed by atoms with Gasteiger partial charge in [0, 0.05) is 18.0 Å². The highest BCUT2D eigenvalue weighted by atomic mass is 19.2. The lowest BCUT2D eigenvalue weighted by Gasteiger charge is -2.32. The van der Waals surface area contributed by atoms with Crippen LogP contribution in [0.25, 0.3) is 0 Å². The summed E-state index contributed by atoms with van der Waals surface area (Å²) in [6.45, 7) is 9.85. The summed E-state index contributed by atoms with van der Waals surface area (Å²) < 4.78 is 40.8. The molecule has 2 fully saturated rings. The standard InChI is InChI=1S/C18H24BF2NO3/c1-11-7-6-10-22(11)16(23)12-8-9-13(15(21)14(12)20)19-24-17(2,3)18(4,5)25-19/h8-9,11H,6-7,10H2,1-5H3/t11-/m1/s1. The molecular weight excluding hydrogens is 327 g/mol. The molecule has 1 aromatic carbocycles. The molecule has 4 nitrogen and oxygen atoms in total. The smallest absolute Gasteiger partial charge is 0.399 e. The van der Waals surface area contributed by atoms with Gasteiger partial charge in [-0.25, -0.2) is 8.78 Å². The molecule has 0 radical (unpaired) electrons. The number of likely N-dealkylation sites (tertiary alicyclic amines) is 1. The fourth-order valence-corrected chi connectivity index (χ4v) is 3.27. The average Bonchev–Trinajstić information content (AvgIpc) is 3.02. The van der Waals surface area contributed by atoms with E-state index < -0.39 is 35.9 Å². The summed E-state index contributed by atoms with van der Waals surface area (Å²) in [7, 11) is -1.01. The third-order valence-electron chi connectivity index (χ3n) is 5.66. The second-order valence-electron chi connectivity index (χ2n) is 7.91. The molecule has 2 saturated heterocycles. The molecule has 1 amide bonds. The van der Waals surface area contributed by atoms with E-state index in [2.05, 4.69) is 0 Å². The second-order valence-corrected chi connectivity index (χ2v) is 7.91. The molecule has 7 heteroatoms. The highest BCUT2D eigenvalue weighted by molar-refractivity contribution is 6.62. The highest BCUT2D eigenvalue weighted by Gasteiger charge is 2.52. The predicted molar refractivity (Wildman–Crippen MR) is 91.8 cm³/mol. The van der Waals surface area contributed by atoms with E-state index in [-0.39, 0.29) is 17.1 Å². The number of halogens is 2. The van der Waals surface area contributed by atoms with Crippen LogP contribution in [-0.2, 0) is 9.31 Å². The van der Waals surface area contributed by atoms with Crippen molar-refractivity contribution in [3.05, 3.63) is 29.3 Å². The van der Waals surface area contributed by atoms with Crippen LogP contribution in [0.3, 0.4) is 0 Å². The summed E-state index contributed by atoms with van der Waals surface area (Å²) >= 11 is 0. The summed E-state index contributed by atoms with van der Waals surface area (Å²) in [5.74, 6) is -2.70. The number of rotatable bonds is 2. The molecule has 3 rings (SSSR count). The first-order chi connectivity index (χ1) is 11.5. The van der Waals surface area contributed by atoms with Crippen LogP contribution in [0.4, 0.5) is 8.78 Å². The summed E-state index contributed by atoms with van der Waals surface area (Å²) in [5, 5.41) is 0. The van der Waals surface area contributed by atoms with E-state index in [0.717, 1.165) is 12.8 Å². The zero-order chi connectivity index (χ0) is 18.6. The Kier molecular flexibility index (Phi) is 4.44. The van der Waals surface area contributed by atoms with E-state index in [1.807, 2.05) is 34.6 Å². The lowest BCUT2D eigenvalue weighted by molar-refractivity contribution is 0.00578. The molecule has 2 heterocycles. The minimum Gasteiger partial charge on any atom is -0.399 e. The molecule has 2 aliphatic heterocycles. The Bertz CT molecular complexity index is 692. The Morgan fingerprint density at radius 1 is 1.16 bits per heavy atom. The van der Waals surface area contributed by atoms with Gasteiger partial charge in [-0.3, -0.25) is 4.79 Å². The zero-order valence-electron chi connectivity index (χ0n) is 15.4. The maximum atomic E-state index is 14.7. The van der Waals surface area contributed by atoms with Crippen molar-refractivity contribution in [2.45, 2.75) is 64.7 Å². The van der Waals surface area contributed by atoms with E-state index in [4.69, 9.17) is 9.31 Å². The first kappa shape index (κ1) is 18.3. The molecule has 0 bridgehead atoms. The van der Waals surface area contributed by atoms with Crippen molar-refractivity contribution in [3.8, 4) is 0 Å². The van der Waals surface area contributed by atoms with Gasteiger partial charge in [0.2, 0.25) is 0 Å². The van der Waals surface area contributed by atoms with Crippen LogP contribution in [-0.4, -0.2) is 41.7 Å². The monoisotopic (exact) mass is 351 g/mol. The van der Waals surface area contributed by atoms with Gasteiger partial charge in [-0.1, -0.05) is 6.07 Å². The minimum atomic E-state index is -1.14. The van der Waals surface area contributed by atoms with Gasteiger partial charge in [0.15, 0.2) is 11.6 Å². The molecule has 1 atom stereocenters. The van der Waals surface area contributed by atoms with Crippen LogP contribution < -0.4 is 5.46 Å². The number of benzene rings is 1. The van der Waals surface area contributed by atoms with Gasteiger partial charge in [-0.15, -0.1) is 0 Å². The van der Waals surface area contributed by atoms with Crippen molar-refractivity contribution in [2.24, 2.45) is 0 Å². The van der Waals surface area contributed by atoms with Crippen molar-refractivity contribution in [1.29, 1.82) is 0 Å². The molecule has 0 spiro atoms. The van der Waals surface area contributed by atoms with Crippen LogP contribution in [0.2, 0.25) is 0 Å². The molecular formula is C18H24BF2NO3. The third kappa shape index (κ3) is 2.97. The Morgan fingerprint density at radius 3 is 2.28 bits per heavy atom. The van der Waals surface area contributed by atoms with Crippen LogP contribution in [0.15, 0.2) is 12.1 Å². The molecule has 0 aromatic heterocycles. The maximum Gasteiger partial charge on any atom is 0.497 e. The van der Waals surface area contributed by atoms with Gasteiger partial charge < -0.3 is 14.2 Å². The van der Waals surface area contributed by atoms with Gasteiger partial charge in [-0.2, -0.15) is 0 Å². The van der Waals surface area contributed by atoms with E-state index >= 15 is 0 Å². The van der Waals surface area contributed by atoms with Crippen molar-refractivity contribution < 1.29 is 22.9 Å². The minimum absolute atomic E-state index is 0.0258. The summed E-state index contributed by atoms with van der Waals surface area (Å²) in [4.78, 5) is 14.1. The van der Waals surface area contributed by atoms with E-state index in [9.17, 15) is 13.6 Å². The number of amides is 1. The summed E-state index contributed by atoms with van der Waals surface area (Å²) in [6.07, 6.45) is 1.75. The Hall–Kier alpha value is -1.47. The number of nitrogens with zero attached hydrogens (tertiary/aromatic N) is 1. The van der Waals surface area contributed by atoms with Crippen molar-refractivity contribution in [1.82, 2.24) is 4.90 Å². The normalized spacial score (nSPS) is 24.8. The first-order valence-electron chi connectivity index (χ1n) is 8.69. The van der Waals surface area contributed by atoms with E-state index in [1.54, 1.807) is 4.90 Å². The average molecular weight is 351 g/mol. The number of carbonyl (C=O) groups excluding carboxylic acids is 1. The predicted octanol–water partition coefficient (Wildman–Crippen LogP) is 2.89. The van der Waals surface area contributed by atoms with Crippen LogP contribution in [0, 0.1) is 11.6 Å². The van der Waals surface area contributed by atoms with Gasteiger partial charge in [0.1, 0.15) is 0 Å². The van der Waals surface area contributed by atoms with E-state index in [0.29, 0.717) is 6.54 Å². The third-order valence-corrected chi connectivity index (χ3v) is 5.66. The van der Waals surface area contributed by atoms with Crippen LogP contribution in [0.5, 0.6) is 0 Å². The Labute approximate surface area is 147 Å². The first-order valence-corrected chi connectivity index (χ1v) is 8.69. The van der Waals surface area contributed by atoms with Crippen molar-refractivity contribution >= 4 is 18.5 Å². The molecule has 0 N–H and O–H groups in total. The van der Waals surface area contributed by atoms with Gasteiger partial charge in [0.25, 0.3) is 5.91 Å². The summed E-state index contributed by atoms with van der Waals surface area (Å²) in [5.41, 5.74) is -1.58. The second kappa shape index (κ2) is 6.06. The fourth-order valence-electron chi connectivity index (χ4n) is 3.27. The Morgan fingerprint density at radius 2 is 1.76 bits per heavy atom. The van der Waals surface area contributed by atoms with Gasteiger partial charge >= 0.3 is 7.12 Å². The van der Waals surface area contributed by atoms with Crippen molar-refractivity contribution in [3.63, 3.8) is 0 Å². The lowest BCUT2D eigenvalue weighted by Crippen LogP contribution is -2.41. The van der Waals surface area contributed by atoms with E-state index in [1.165, 1.54) is 12.1 Å². The molecule has 136 valence electrons. The van der Waals surface area contributed by atoms with Crippen molar-refractivity contribution in [2.75, 3.05) is 6.54 Å². The van der Waals surface area contributed by atoms with Gasteiger partial charge in [-0.05, 0) is 53.5 Å². The molecule has 25 heavy (non-hydrogen) atoms. The number of hydrogen-bond acceptors (Lipinski definition) is 3. The lowest BCUT2D eigenvalue weighted by atomic mass is 9.78. The highest BCUT2D eigenvalue weighted by Crippen LogP contribution is 2.36. The zero-order valence-corrected chi connectivity index (χ0v) is 15.4. The largest absolute Gasteiger partial charge is 0.497 e. The summed E-state index contributed by atoms with van der Waals surface area (Å²) in [6, 6.07) is 2.75. The quantitative estimate of drug-likeness (QED) is 0.770.